The lowest BCUT2D eigenvalue weighted by molar-refractivity contribution is 0.327. The van der Waals surface area contributed by atoms with Crippen molar-refractivity contribution in [2.45, 2.75) is 25.7 Å². The third-order valence-corrected chi connectivity index (χ3v) is 5.19. The van der Waals surface area contributed by atoms with Gasteiger partial charge in [-0.3, -0.25) is 5.10 Å². The summed E-state index contributed by atoms with van der Waals surface area (Å²) in [6, 6.07) is 1.91. The van der Waals surface area contributed by atoms with Gasteiger partial charge in [0.2, 0.25) is 5.75 Å². The fraction of sp³-hybridized carbons (Fsp3) is 0.474. The predicted molar refractivity (Wildman–Crippen MR) is 105 cm³/mol. The van der Waals surface area contributed by atoms with E-state index in [0.717, 1.165) is 48.8 Å². The predicted octanol–water partition coefficient (Wildman–Crippen LogP) is 2.47. The Hall–Kier alpha value is -3.10. The number of fused-ring (bicyclic) bond motifs is 1. The normalized spacial score (nSPS) is 15.1. The maximum absolute atomic E-state index is 5.58. The third-order valence-electron chi connectivity index (χ3n) is 5.19. The fourth-order valence-corrected chi connectivity index (χ4v) is 3.79. The first-order chi connectivity index (χ1) is 13.7. The van der Waals surface area contributed by atoms with E-state index in [0.29, 0.717) is 28.7 Å². The van der Waals surface area contributed by atoms with Gasteiger partial charge >= 0.3 is 0 Å². The van der Waals surface area contributed by atoms with Crippen LogP contribution in [0, 0.1) is 6.92 Å². The molecule has 28 heavy (non-hydrogen) atoms. The van der Waals surface area contributed by atoms with Gasteiger partial charge in [-0.15, -0.1) is 0 Å². The van der Waals surface area contributed by atoms with Gasteiger partial charge in [0.25, 0.3) is 0 Å². The van der Waals surface area contributed by atoms with E-state index in [2.05, 4.69) is 30.0 Å². The van der Waals surface area contributed by atoms with Crippen molar-refractivity contribution in [3.63, 3.8) is 0 Å². The Balaban J connectivity index is 1.68. The summed E-state index contributed by atoms with van der Waals surface area (Å²) in [6.45, 7) is 3.65. The molecule has 1 N–H and O–H groups in total. The average molecular weight is 384 g/mol. The minimum Gasteiger partial charge on any atom is -0.493 e. The first kappa shape index (κ1) is 18.3. The topological polar surface area (TPSA) is 98.3 Å². The smallest absolute Gasteiger partial charge is 0.205 e. The Kier molecular flexibility index (Phi) is 4.89. The number of methoxy groups -OCH3 is 3. The summed E-state index contributed by atoms with van der Waals surface area (Å²) in [6.07, 6.45) is 3.50. The van der Waals surface area contributed by atoms with Crippen LogP contribution in [-0.2, 0) is 0 Å². The number of aromatic amines is 1. The van der Waals surface area contributed by atoms with Crippen molar-refractivity contribution >= 4 is 16.7 Å². The van der Waals surface area contributed by atoms with Crippen LogP contribution in [0.2, 0.25) is 0 Å². The van der Waals surface area contributed by atoms with Crippen LogP contribution in [0.3, 0.4) is 0 Å². The molecule has 1 aliphatic rings. The van der Waals surface area contributed by atoms with E-state index in [4.69, 9.17) is 14.2 Å². The van der Waals surface area contributed by atoms with Crippen LogP contribution in [-0.4, -0.2) is 59.6 Å². The molecular formula is C19H24N6O3. The third kappa shape index (κ3) is 3.06. The van der Waals surface area contributed by atoms with Gasteiger partial charge in [-0.25, -0.2) is 15.0 Å². The number of hydrogen-bond donors (Lipinski definition) is 1. The number of H-pyrrole nitrogens is 1. The fourth-order valence-electron chi connectivity index (χ4n) is 3.79. The summed E-state index contributed by atoms with van der Waals surface area (Å²) >= 11 is 0. The Morgan fingerprint density at radius 3 is 2.39 bits per heavy atom. The SMILES string of the molecule is COc1cc2c(N3CCC(c4n[nH]c(C)n4)CC3)ncnc2c(OC)c1OC. The van der Waals surface area contributed by atoms with Gasteiger partial charge in [0, 0.05) is 19.0 Å². The van der Waals surface area contributed by atoms with Crippen LogP contribution in [0.5, 0.6) is 17.2 Å². The van der Waals surface area contributed by atoms with Gasteiger partial charge in [0.1, 0.15) is 23.5 Å². The zero-order valence-electron chi connectivity index (χ0n) is 16.5. The highest BCUT2D eigenvalue weighted by molar-refractivity contribution is 5.97. The van der Waals surface area contributed by atoms with Gasteiger partial charge in [0.15, 0.2) is 17.3 Å². The largest absolute Gasteiger partial charge is 0.493 e. The maximum atomic E-state index is 5.58. The minimum absolute atomic E-state index is 0.360. The number of nitrogens with zero attached hydrogens (tertiary/aromatic N) is 5. The highest BCUT2D eigenvalue weighted by Crippen LogP contribution is 2.44. The van der Waals surface area contributed by atoms with E-state index in [1.807, 2.05) is 13.0 Å². The molecule has 148 valence electrons. The van der Waals surface area contributed by atoms with Crippen molar-refractivity contribution in [2.75, 3.05) is 39.3 Å². The molecule has 9 heteroatoms. The molecule has 1 aromatic carbocycles. The molecule has 0 unspecified atom stereocenters. The molecule has 2 aromatic heterocycles. The second kappa shape index (κ2) is 7.49. The lowest BCUT2D eigenvalue weighted by atomic mass is 9.96. The second-order valence-electron chi connectivity index (χ2n) is 6.78. The van der Waals surface area contributed by atoms with Crippen molar-refractivity contribution in [3.05, 3.63) is 24.0 Å². The lowest BCUT2D eigenvalue weighted by Crippen LogP contribution is -2.34. The monoisotopic (exact) mass is 384 g/mol. The van der Waals surface area contributed by atoms with E-state index in [9.17, 15) is 0 Å². The van der Waals surface area contributed by atoms with Crippen LogP contribution < -0.4 is 19.1 Å². The first-order valence-electron chi connectivity index (χ1n) is 9.23. The number of piperidine rings is 1. The molecule has 1 saturated heterocycles. The number of aromatic nitrogens is 5. The van der Waals surface area contributed by atoms with Crippen LogP contribution in [0.15, 0.2) is 12.4 Å². The van der Waals surface area contributed by atoms with Crippen molar-refractivity contribution in [3.8, 4) is 17.2 Å². The van der Waals surface area contributed by atoms with Crippen LogP contribution in [0.4, 0.5) is 5.82 Å². The Bertz CT molecular complexity index is 981. The summed E-state index contributed by atoms with van der Waals surface area (Å²) in [5.41, 5.74) is 0.705. The molecule has 0 bridgehead atoms. The summed E-state index contributed by atoms with van der Waals surface area (Å²) in [5.74, 6) is 4.65. The van der Waals surface area contributed by atoms with Gasteiger partial charge in [-0.1, -0.05) is 0 Å². The standard InChI is InChI=1S/C19H24N6O3/c1-11-22-18(24-23-11)12-5-7-25(8-6-12)19-13-9-14(26-2)16(27-3)17(28-4)15(13)20-10-21-19/h9-10,12H,5-8H2,1-4H3,(H,22,23,24). The number of aryl methyl sites for hydroxylation is 1. The Morgan fingerprint density at radius 2 is 1.79 bits per heavy atom. The number of benzene rings is 1. The van der Waals surface area contributed by atoms with E-state index in [1.54, 1.807) is 27.7 Å². The van der Waals surface area contributed by atoms with E-state index in [1.165, 1.54) is 0 Å². The summed E-state index contributed by atoms with van der Waals surface area (Å²) < 4.78 is 16.6. The van der Waals surface area contributed by atoms with Crippen molar-refractivity contribution in [1.29, 1.82) is 0 Å². The summed E-state index contributed by atoms with van der Waals surface area (Å²) in [4.78, 5) is 15.8. The molecule has 0 amide bonds. The lowest BCUT2D eigenvalue weighted by Gasteiger charge is -2.32. The van der Waals surface area contributed by atoms with Crippen molar-refractivity contribution in [2.24, 2.45) is 0 Å². The number of hydrogen-bond acceptors (Lipinski definition) is 8. The zero-order valence-corrected chi connectivity index (χ0v) is 16.5. The molecule has 0 aliphatic carbocycles. The van der Waals surface area contributed by atoms with Crippen molar-refractivity contribution < 1.29 is 14.2 Å². The number of anilines is 1. The molecule has 0 saturated carbocycles. The van der Waals surface area contributed by atoms with Crippen LogP contribution in [0.25, 0.3) is 10.9 Å². The Morgan fingerprint density at radius 1 is 1.04 bits per heavy atom. The van der Waals surface area contributed by atoms with E-state index in [-0.39, 0.29) is 0 Å². The van der Waals surface area contributed by atoms with E-state index < -0.39 is 0 Å². The maximum Gasteiger partial charge on any atom is 0.205 e. The number of rotatable bonds is 5. The van der Waals surface area contributed by atoms with Gasteiger partial charge in [-0.2, -0.15) is 5.10 Å². The zero-order chi connectivity index (χ0) is 19.7. The Labute approximate surface area is 163 Å². The highest BCUT2D eigenvalue weighted by atomic mass is 16.5. The molecule has 1 aliphatic heterocycles. The molecule has 9 nitrogen and oxygen atoms in total. The molecule has 0 atom stereocenters. The number of ether oxygens (including phenoxy) is 3. The first-order valence-corrected chi connectivity index (χ1v) is 9.23. The van der Waals surface area contributed by atoms with Crippen molar-refractivity contribution in [1.82, 2.24) is 25.1 Å². The molecule has 1 fully saturated rings. The van der Waals surface area contributed by atoms with Gasteiger partial charge < -0.3 is 19.1 Å². The molecule has 3 aromatic rings. The average Bonchev–Trinajstić information content (AvgIpc) is 3.18. The quantitative estimate of drug-likeness (QED) is 0.716. The van der Waals surface area contributed by atoms with Crippen LogP contribution >= 0.6 is 0 Å². The second-order valence-corrected chi connectivity index (χ2v) is 6.78. The summed E-state index contributed by atoms with van der Waals surface area (Å²) in [7, 11) is 4.80. The molecule has 3 heterocycles. The van der Waals surface area contributed by atoms with Crippen LogP contribution in [0.1, 0.15) is 30.4 Å². The summed E-state index contributed by atoms with van der Waals surface area (Å²) in [5, 5.41) is 8.14. The van der Waals surface area contributed by atoms with Gasteiger partial charge in [-0.05, 0) is 25.8 Å². The highest BCUT2D eigenvalue weighted by Gasteiger charge is 2.27. The molecular weight excluding hydrogens is 360 g/mol. The minimum atomic E-state index is 0.360. The molecule has 0 radical (unpaired) electrons. The van der Waals surface area contributed by atoms with E-state index >= 15 is 0 Å². The number of nitrogens with one attached hydrogen (secondary N) is 1. The molecule has 0 spiro atoms. The molecule has 4 rings (SSSR count). The van der Waals surface area contributed by atoms with Gasteiger partial charge in [0.05, 0.1) is 26.7 Å².